The van der Waals surface area contributed by atoms with Crippen LogP contribution in [0.15, 0.2) is 47.1 Å². The Morgan fingerprint density at radius 1 is 1.27 bits per heavy atom. The van der Waals surface area contributed by atoms with Gasteiger partial charge in [-0.25, -0.2) is 0 Å². The molecule has 0 fully saturated rings. The normalized spacial score (nSPS) is 12.7. The number of hydrogen-bond donors (Lipinski definition) is 1. The summed E-state index contributed by atoms with van der Waals surface area (Å²) in [6, 6.07) is 12.4. The van der Waals surface area contributed by atoms with E-state index in [4.69, 9.17) is 10.2 Å². The second kappa shape index (κ2) is 4.32. The summed E-state index contributed by atoms with van der Waals surface area (Å²) in [6.45, 7) is 2.01. The molecule has 0 spiro atoms. The minimum atomic E-state index is 0.192. The van der Waals surface area contributed by atoms with Crippen molar-refractivity contribution in [3.8, 4) is 11.3 Å². The highest BCUT2D eigenvalue weighted by atomic mass is 16.3. The van der Waals surface area contributed by atoms with E-state index in [2.05, 4.69) is 12.1 Å². The van der Waals surface area contributed by atoms with Gasteiger partial charge in [0, 0.05) is 11.6 Å². The number of nitrogens with two attached hydrogens (primary N) is 1. The lowest BCUT2D eigenvalue weighted by Crippen LogP contribution is -2.17. The lowest BCUT2D eigenvalue weighted by Gasteiger charge is -2.06. The molecule has 1 aromatic carbocycles. The minimum Gasteiger partial charge on any atom is -0.464 e. The van der Waals surface area contributed by atoms with Crippen molar-refractivity contribution >= 4 is 0 Å². The summed E-state index contributed by atoms with van der Waals surface area (Å²) in [6.07, 6.45) is 2.59. The van der Waals surface area contributed by atoms with Gasteiger partial charge in [-0.15, -0.1) is 0 Å². The van der Waals surface area contributed by atoms with Gasteiger partial charge < -0.3 is 10.2 Å². The molecule has 1 heterocycles. The van der Waals surface area contributed by atoms with Crippen LogP contribution in [0.2, 0.25) is 0 Å². The third-order valence-corrected chi connectivity index (χ3v) is 2.29. The first kappa shape index (κ1) is 9.99. The first-order chi connectivity index (χ1) is 7.25. The van der Waals surface area contributed by atoms with Crippen molar-refractivity contribution in [2.24, 2.45) is 5.73 Å². The predicted octanol–water partition coefficient (Wildman–Crippen LogP) is 2.84. The number of furan rings is 1. The van der Waals surface area contributed by atoms with Crippen LogP contribution in [0.3, 0.4) is 0 Å². The van der Waals surface area contributed by atoms with Crippen LogP contribution in [-0.2, 0) is 6.42 Å². The molecule has 0 amide bonds. The highest BCUT2D eigenvalue weighted by Gasteiger charge is 2.02. The molecule has 2 nitrogen and oxygen atoms in total. The highest BCUT2D eigenvalue weighted by Crippen LogP contribution is 2.21. The molecule has 0 aliphatic rings. The van der Waals surface area contributed by atoms with Crippen molar-refractivity contribution in [1.82, 2.24) is 0 Å². The van der Waals surface area contributed by atoms with E-state index in [1.165, 1.54) is 5.56 Å². The predicted molar refractivity (Wildman–Crippen MR) is 61.5 cm³/mol. The molecule has 78 valence electrons. The zero-order valence-electron chi connectivity index (χ0n) is 8.81. The standard InChI is InChI=1S/C13H15NO/c1-10(14)8-11-4-2-5-12(9-11)13-6-3-7-15-13/h2-7,9-10H,8,14H2,1H3. The second-order valence-electron chi connectivity index (χ2n) is 3.86. The summed E-state index contributed by atoms with van der Waals surface area (Å²) in [5.41, 5.74) is 8.13. The summed E-state index contributed by atoms with van der Waals surface area (Å²) in [7, 11) is 0. The molecule has 1 unspecified atom stereocenters. The third-order valence-electron chi connectivity index (χ3n) is 2.29. The Morgan fingerprint density at radius 2 is 2.13 bits per heavy atom. The van der Waals surface area contributed by atoms with Gasteiger partial charge in [0.2, 0.25) is 0 Å². The van der Waals surface area contributed by atoms with E-state index in [1.54, 1.807) is 6.26 Å². The van der Waals surface area contributed by atoms with Crippen LogP contribution in [0.4, 0.5) is 0 Å². The zero-order chi connectivity index (χ0) is 10.7. The molecular formula is C13H15NO. The maximum absolute atomic E-state index is 5.77. The average Bonchev–Trinajstić information content (AvgIpc) is 2.69. The first-order valence-corrected chi connectivity index (χ1v) is 5.14. The van der Waals surface area contributed by atoms with Gasteiger partial charge >= 0.3 is 0 Å². The van der Waals surface area contributed by atoms with Crippen LogP contribution in [0, 0.1) is 0 Å². The fourth-order valence-electron chi connectivity index (χ4n) is 1.67. The lowest BCUT2D eigenvalue weighted by atomic mass is 10.0. The van der Waals surface area contributed by atoms with E-state index in [1.807, 2.05) is 31.2 Å². The van der Waals surface area contributed by atoms with Crippen LogP contribution in [0.1, 0.15) is 12.5 Å². The highest BCUT2D eigenvalue weighted by molar-refractivity contribution is 5.58. The average molecular weight is 201 g/mol. The summed E-state index contributed by atoms with van der Waals surface area (Å²) in [4.78, 5) is 0. The minimum absolute atomic E-state index is 0.192. The van der Waals surface area contributed by atoms with Crippen molar-refractivity contribution in [2.45, 2.75) is 19.4 Å². The second-order valence-corrected chi connectivity index (χ2v) is 3.86. The van der Waals surface area contributed by atoms with E-state index < -0.39 is 0 Å². The Morgan fingerprint density at radius 3 is 2.80 bits per heavy atom. The summed E-state index contributed by atoms with van der Waals surface area (Å²) in [5, 5.41) is 0. The fourth-order valence-corrected chi connectivity index (χ4v) is 1.67. The molecule has 1 aromatic heterocycles. The molecule has 2 rings (SSSR count). The van der Waals surface area contributed by atoms with Crippen LogP contribution < -0.4 is 5.73 Å². The summed E-state index contributed by atoms with van der Waals surface area (Å²) < 4.78 is 5.35. The fraction of sp³-hybridized carbons (Fsp3) is 0.231. The Kier molecular flexibility index (Phi) is 2.88. The molecular weight excluding hydrogens is 186 g/mol. The van der Waals surface area contributed by atoms with Crippen LogP contribution in [0.5, 0.6) is 0 Å². The Bertz CT molecular complexity index is 418. The Hall–Kier alpha value is -1.54. The molecule has 0 aliphatic heterocycles. The monoisotopic (exact) mass is 201 g/mol. The topological polar surface area (TPSA) is 39.2 Å². The molecule has 0 bridgehead atoms. The van der Waals surface area contributed by atoms with E-state index in [-0.39, 0.29) is 6.04 Å². The van der Waals surface area contributed by atoms with Gasteiger partial charge in [0.25, 0.3) is 0 Å². The van der Waals surface area contributed by atoms with Gasteiger partial charge in [0.05, 0.1) is 6.26 Å². The van der Waals surface area contributed by atoms with E-state index >= 15 is 0 Å². The van der Waals surface area contributed by atoms with Gasteiger partial charge in [0.1, 0.15) is 5.76 Å². The molecule has 15 heavy (non-hydrogen) atoms. The van der Waals surface area contributed by atoms with E-state index in [9.17, 15) is 0 Å². The van der Waals surface area contributed by atoms with Crippen molar-refractivity contribution < 1.29 is 4.42 Å². The molecule has 0 aliphatic carbocycles. The number of benzene rings is 1. The molecule has 2 heteroatoms. The smallest absolute Gasteiger partial charge is 0.133 e. The molecule has 1 atom stereocenters. The lowest BCUT2D eigenvalue weighted by molar-refractivity contribution is 0.582. The van der Waals surface area contributed by atoms with E-state index in [0.29, 0.717) is 0 Å². The molecule has 2 aromatic rings. The third kappa shape index (κ3) is 2.48. The van der Waals surface area contributed by atoms with Crippen LogP contribution in [-0.4, -0.2) is 6.04 Å². The molecule has 2 N–H and O–H groups in total. The zero-order valence-corrected chi connectivity index (χ0v) is 8.81. The number of rotatable bonds is 3. The number of hydrogen-bond acceptors (Lipinski definition) is 2. The maximum Gasteiger partial charge on any atom is 0.133 e. The van der Waals surface area contributed by atoms with Crippen molar-refractivity contribution in [1.29, 1.82) is 0 Å². The van der Waals surface area contributed by atoms with Gasteiger partial charge in [0.15, 0.2) is 0 Å². The van der Waals surface area contributed by atoms with Gasteiger partial charge in [-0.2, -0.15) is 0 Å². The van der Waals surface area contributed by atoms with E-state index in [0.717, 1.165) is 17.7 Å². The Balaban J connectivity index is 2.27. The quantitative estimate of drug-likeness (QED) is 0.829. The summed E-state index contributed by atoms with van der Waals surface area (Å²) >= 11 is 0. The van der Waals surface area contributed by atoms with Gasteiger partial charge in [-0.05, 0) is 37.1 Å². The Labute approximate surface area is 89.7 Å². The molecule has 0 radical (unpaired) electrons. The van der Waals surface area contributed by atoms with Crippen molar-refractivity contribution in [2.75, 3.05) is 0 Å². The van der Waals surface area contributed by atoms with Crippen LogP contribution >= 0.6 is 0 Å². The molecule has 0 saturated carbocycles. The van der Waals surface area contributed by atoms with Gasteiger partial charge in [-0.1, -0.05) is 18.2 Å². The molecule has 0 saturated heterocycles. The van der Waals surface area contributed by atoms with Crippen LogP contribution in [0.25, 0.3) is 11.3 Å². The van der Waals surface area contributed by atoms with Gasteiger partial charge in [-0.3, -0.25) is 0 Å². The van der Waals surface area contributed by atoms with Crippen molar-refractivity contribution in [3.05, 3.63) is 48.2 Å². The largest absolute Gasteiger partial charge is 0.464 e. The first-order valence-electron chi connectivity index (χ1n) is 5.14. The SMILES string of the molecule is CC(N)Cc1cccc(-c2ccco2)c1. The van der Waals surface area contributed by atoms with Crippen molar-refractivity contribution in [3.63, 3.8) is 0 Å². The maximum atomic E-state index is 5.77. The summed E-state index contributed by atoms with van der Waals surface area (Å²) in [5.74, 6) is 0.904.